The molecule has 3 aliphatic carbocycles. The van der Waals surface area contributed by atoms with Gasteiger partial charge in [0.05, 0.1) is 11.0 Å². The van der Waals surface area contributed by atoms with E-state index in [0.29, 0.717) is 12.2 Å². The summed E-state index contributed by atoms with van der Waals surface area (Å²) in [6.45, 7) is 1.99. The lowest BCUT2D eigenvalue weighted by atomic mass is 9.48. The molecular weight excluding hydrogens is 452 g/mol. The van der Waals surface area contributed by atoms with Gasteiger partial charge < -0.3 is 24.8 Å². The van der Waals surface area contributed by atoms with Crippen LogP contribution in [0.3, 0.4) is 0 Å². The van der Waals surface area contributed by atoms with E-state index >= 15 is 0 Å². The summed E-state index contributed by atoms with van der Waals surface area (Å²) in [5, 5.41) is 33.0. The molecule has 1 spiro atoms. The first-order valence-corrected chi connectivity index (χ1v) is 12.8. The third-order valence-electron chi connectivity index (χ3n) is 9.45. The predicted molar refractivity (Wildman–Crippen MR) is 125 cm³/mol. The quantitative estimate of drug-likeness (QED) is 0.414. The van der Waals surface area contributed by atoms with Crippen molar-refractivity contribution < 1.29 is 34.4 Å². The molecule has 0 aromatic heterocycles. The lowest BCUT2D eigenvalue weighted by molar-refractivity contribution is -0.208. The molecular formula is C26H34N2O7. The molecule has 2 aliphatic heterocycles. The Morgan fingerprint density at radius 2 is 2.06 bits per heavy atom. The molecule has 3 fully saturated rings. The Labute approximate surface area is 204 Å². The molecule has 190 valence electrons. The van der Waals surface area contributed by atoms with Crippen LogP contribution in [0.4, 0.5) is 0 Å². The van der Waals surface area contributed by atoms with Gasteiger partial charge in [-0.25, -0.2) is 0 Å². The van der Waals surface area contributed by atoms with Gasteiger partial charge in [-0.2, -0.15) is 0 Å². The highest BCUT2D eigenvalue weighted by Crippen LogP contribution is 2.66. The van der Waals surface area contributed by atoms with E-state index in [2.05, 4.69) is 10.2 Å². The number of likely N-dealkylation sites (tertiary alicyclic amines) is 1. The molecule has 0 amide bonds. The number of ether oxygens (including phenoxy) is 2. The monoisotopic (exact) mass is 486 g/mol. The van der Waals surface area contributed by atoms with Crippen LogP contribution in [0.15, 0.2) is 12.1 Å². The van der Waals surface area contributed by atoms with E-state index in [1.165, 1.54) is 18.4 Å². The van der Waals surface area contributed by atoms with Gasteiger partial charge in [-0.1, -0.05) is 6.07 Å². The second-order valence-electron chi connectivity index (χ2n) is 11.1. The highest BCUT2D eigenvalue weighted by atomic mass is 16.5. The van der Waals surface area contributed by atoms with Crippen LogP contribution in [-0.2, 0) is 26.2 Å². The van der Waals surface area contributed by atoms with Crippen LogP contribution in [-0.4, -0.2) is 82.2 Å². The first-order chi connectivity index (χ1) is 16.8. The number of piperidine rings is 1. The molecule has 9 nitrogen and oxygen atoms in total. The zero-order valence-corrected chi connectivity index (χ0v) is 20.0. The highest BCUT2D eigenvalue weighted by Gasteiger charge is 2.74. The number of carboxylic acid groups (broad SMARTS) is 2. The fraction of sp³-hybridized carbons (Fsp3) is 0.692. The minimum Gasteiger partial charge on any atom is -0.504 e. The molecule has 1 saturated heterocycles. The molecule has 2 bridgehead atoms. The van der Waals surface area contributed by atoms with Crippen molar-refractivity contribution in [2.45, 2.75) is 86.6 Å². The summed E-state index contributed by atoms with van der Waals surface area (Å²) < 4.78 is 13.1. The van der Waals surface area contributed by atoms with Gasteiger partial charge in [0.1, 0.15) is 12.1 Å². The lowest BCUT2D eigenvalue weighted by Crippen LogP contribution is -2.79. The molecule has 4 N–H and O–H groups in total. The Morgan fingerprint density at radius 1 is 1.26 bits per heavy atom. The third kappa shape index (κ3) is 3.24. The third-order valence-corrected chi connectivity index (χ3v) is 9.45. The van der Waals surface area contributed by atoms with Crippen LogP contribution in [0, 0.1) is 5.92 Å². The molecule has 9 heteroatoms. The Morgan fingerprint density at radius 3 is 2.74 bits per heavy atom. The number of carbonyl (C=O) groups is 2. The molecule has 0 radical (unpaired) electrons. The number of rotatable bonds is 9. The zero-order chi connectivity index (χ0) is 24.5. The topological polar surface area (TPSA) is 129 Å². The molecule has 2 heterocycles. The van der Waals surface area contributed by atoms with E-state index in [1.807, 2.05) is 6.07 Å². The molecule has 1 unspecified atom stereocenters. The van der Waals surface area contributed by atoms with Gasteiger partial charge in [0.15, 0.2) is 11.5 Å². The van der Waals surface area contributed by atoms with E-state index < -0.39 is 35.1 Å². The van der Waals surface area contributed by atoms with Gasteiger partial charge in [0.25, 0.3) is 0 Å². The van der Waals surface area contributed by atoms with Crippen LogP contribution in [0.1, 0.15) is 56.1 Å². The van der Waals surface area contributed by atoms with E-state index in [4.69, 9.17) is 14.6 Å². The van der Waals surface area contributed by atoms with E-state index in [9.17, 15) is 19.8 Å². The maximum absolute atomic E-state index is 12.0. The van der Waals surface area contributed by atoms with Gasteiger partial charge in [-0.05, 0) is 69.0 Å². The Kier molecular flexibility index (Phi) is 5.32. The number of hydrogen-bond donors (Lipinski definition) is 4. The van der Waals surface area contributed by atoms with E-state index in [1.54, 1.807) is 13.2 Å². The standard InChI is InChI=1S/C26H34N2O7/c1-34-26-9-8-16(27-17(24(32)33)5-7-20(30)31)23-25(26)10-11-28(13-14-2-3-14)19(26)12-15-4-6-18(29)22(35-23)21(15)25/h4,6,14,16-17,19,23,27,29H,2-3,5,7-13H2,1H3,(H,30,31)(H,32,33)/t16-,17-,19?,23-,25-,26+/m0/s1. The summed E-state index contributed by atoms with van der Waals surface area (Å²) in [4.78, 5) is 25.7. The van der Waals surface area contributed by atoms with Crippen molar-refractivity contribution in [3.63, 3.8) is 0 Å². The maximum Gasteiger partial charge on any atom is 0.320 e. The number of nitrogens with zero attached hydrogens (tertiary/aromatic N) is 1. The summed E-state index contributed by atoms with van der Waals surface area (Å²) in [5.41, 5.74) is 1.23. The fourth-order valence-corrected chi connectivity index (χ4v) is 7.84. The molecule has 2 saturated carbocycles. The second kappa shape index (κ2) is 8.08. The number of phenols is 1. The summed E-state index contributed by atoms with van der Waals surface area (Å²) in [5.74, 6) is -0.707. The zero-order valence-electron chi connectivity index (χ0n) is 20.0. The van der Waals surface area contributed by atoms with Gasteiger partial charge in [0.2, 0.25) is 0 Å². The van der Waals surface area contributed by atoms with Gasteiger partial charge in [0, 0.05) is 37.7 Å². The number of benzene rings is 1. The molecule has 1 aromatic rings. The molecule has 5 aliphatic rings. The van der Waals surface area contributed by atoms with Crippen molar-refractivity contribution >= 4 is 11.9 Å². The number of aromatic hydroxyl groups is 1. The first kappa shape index (κ1) is 23.1. The van der Waals surface area contributed by atoms with Crippen LogP contribution in [0.2, 0.25) is 0 Å². The lowest BCUT2D eigenvalue weighted by Gasteiger charge is -2.65. The maximum atomic E-state index is 12.0. The molecule has 35 heavy (non-hydrogen) atoms. The molecule has 6 rings (SSSR count). The Balaban J connectivity index is 1.41. The van der Waals surface area contributed by atoms with Gasteiger partial charge in [-0.3, -0.25) is 19.8 Å². The van der Waals surface area contributed by atoms with Crippen LogP contribution in [0.25, 0.3) is 0 Å². The van der Waals surface area contributed by atoms with Crippen molar-refractivity contribution in [3.05, 3.63) is 23.3 Å². The van der Waals surface area contributed by atoms with Crippen LogP contribution >= 0.6 is 0 Å². The minimum atomic E-state index is -1.06. The summed E-state index contributed by atoms with van der Waals surface area (Å²) in [7, 11) is 1.79. The number of nitrogens with one attached hydrogen (secondary N) is 1. The average molecular weight is 487 g/mol. The summed E-state index contributed by atoms with van der Waals surface area (Å²) in [6.07, 6.45) is 4.98. The summed E-state index contributed by atoms with van der Waals surface area (Å²) >= 11 is 0. The van der Waals surface area contributed by atoms with Gasteiger partial charge in [-0.15, -0.1) is 0 Å². The van der Waals surface area contributed by atoms with Crippen molar-refractivity contribution in [2.75, 3.05) is 20.2 Å². The Bertz CT molecular complexity index is 1060. The fourth-order valence-electron chi connectivity index (χ4n) is 7.84. The number of carboxylic acids is 2. The van der Waals surface area contributed by atoms with Gasteiger partial charge >= 0.3 is 11.9 Å². The SMILES string of the molecule is CO[C@@]12CC[C@H](N[C@@H](CCC(=O)O)C(=O)O)[C@@H]3Oc4c(O)ccc5c4[C@@]31CCN(CC1CC1)C2C5. The van der Waals surface area contributed by atoms with Crippen molar-refractivity contribution in [1.82, 2.24) is 10.2 Å². The predicted octanol–water partition coefficient (Wildman–Crippen LogP) is 1.89. The largest absolute Gasteiger partial charge is 0.504 e. The smallest absolute Gasteiger partial charge is 0.320 e. The number of methoxy groups -OCH3 is 1. The normalized spacial score (nSPS) is 35.7. The van der Waals surface area contributed by atoms with Crippen molar-refractivity contribution in [3.8, 4) is 11.5 Å². The Hall–Kier alpha value is -2.36. The van der Waals surface area contributed by atoms with Crippen molar-refractivity contribution in [1.29, 1.82) is 0 Å². The average Bonchev–Trinajstić information content (AvgIpc) is 3.57. The van der Waals surface area contributed by atoms with Crippen LogP contribution < -0.4 is 10.1 Å². The van der Waals surface area contributed by atoms with Crippen molar-refractivity contribution in [2.24, 2.45) is 5.92 Å². The summed E-state index contributed by atoms with van der Waals surface area (Å²) in [6, 6.07) is 2.62. The second-order valence-corrected chi connectivity index (χ2v) is 11.1. The van der Waals surface area contributed by atoms with E-state index in [-0.39, 0.29) is 30.7 Å². The molecule has 1 aromatic carbocycles. The van der Waals surface area contributed by atoms with E-state index in [0.717, 1.165) is 43.8 Å². The number of phenolic OH excluding ortho intramolecular Hbond substituents is 1. The minimum absolute atomic E-state index is 0.00243. The molecule has 6 atom stereocenters. The number of aliphatic carboxylic acids is 2. The number of hydrogen-bond acceptors (Lipinski definition) is 7. The van der Waals surface area contributed by atoms with Crippen LogP contribution in [0.5, 0.6) is 11.5 Å². The first-order valence-electron chi connectivity index (χ1n) is 12.8. The highest BCUT2D eigenvalue weighted by molar-refractivity contribution is 5.75.